The van der Waals surface area contributed by atoms with Crippen molar-refractivity contribution in [1.82, 2.24) is 0 Å². The van der Waals surface area contributed by atoms with Crippen LogP contribution in [0.15, 0.2) is 18.7 Å². The van der Waals surface area contributed by atoms with Crippen molar-refractivity contribution in [2.24, 2.45) is 17.3 Å². The summed E-state index contributed by atoms with van der Waals surface area (Å²) >= 11 is 1.49. The summed E-state index contributed by atoms with van der Waals surface area (Å²) in [5.74, 6) is 8.64. The molecule has 206 valence electrons. The molecule has 0 spiro atoms. The van der Waals surface area contributed by atoms with Crippen LogP contribution in [0.25, 0.3) is 0 Å². The smallest absolute Gasteiger partial charge is 0.170 e. The first-order valence-electron chi connectivity index (χ1n) is 14.3. The van der Waals surface area contributed by atoms with Crippen LogP contribution in [0.5, 0.6) is 0 Å². The molecule has 0 aromatic carbocycles. The summed E-state index contributed by atoms with van der Waals surface area (Å²) in [6.45, 7) is 23.8. The van der Waals surface area contributed by atoms with Crippen molar-refractivity contribution in [1.29, 1.82) is 0 Å². The Morgan fingerprint density at radius 1 is 1.06 bits per heavy atom. The van der Waals surface area contributed by atoms with Crippen LogP contribution in [0.2, 0.25) is 0 Å². The molecule has 0 saturated heterocycles. The fraction of sp³-hybridized carbons (Fsp3) is 0.697. The second kappa shape index (κ2) is 21.4. The molecular weight excluding hydrogens is 460 g/mol. The summed E-state index contributed by atoms with van der Waals surface area (Å²) in [6.07, 6.45) is 14.3. The number of rotatable bonds is 3. The molecule has 2 fully saturated rings. The van der Waals surface area contributed by atoms with Gasteiger partial charge in [0.2, 0.25) is 0 Å². The third-order valence-electron chi connectivity index (χ3n) is 5.85. The predicted octanol–water partition coefficient (Wildman–Crippen LogP) is 10.6. The molecule has 36 heavy (non-hydrogen) atoms. The Labute approximate surface area is 228 Å². The van der Waals surface area contributed by atoms with E-state index in [1.54, 1.807) is 6.92 Å². The zero-order valence-corrected chi connectivity index (χ0v) is 26.1. The highest BCUT2D eigenvalue weighted by atomic mass is 32.1. The van der Waals surface area contributed by atoms with E-state index in [9.17, 15) is 9.59 Å². The van der Waals surface area contributed by atoms with E-state index >= 15 is 0 Å². The maximum absolute atomic E-state index is 11.2. The van der Waals surface area contributed by atoms with E-state index in [1.165, 1.54) is 43.4 Å². The summed E-state index contributed by atoms with van der Waals surface area (Å²) in [7, 11) is 0. The first kappa shape index (κ1) is 36.5. The van der Waals surface area contributed by atoms with Crippen molar-refractivity contribution in [2.75, 3.05) is 0 Å². The topological polar surface area (TPSA) is 34.1 Å². The minimum atomic E-state index is 0.00822. The number of carbonyl (C=O) groups excluding carboxylic acids is 2. The molecule has 1 aromatic rings. The number of ketones is 2. The Kier molecular flexibility index (Phi) is 21.7. The monoisotopic (exact) mass is 516 g/mol. The van der Waals surface area contributed by atoms with Gasteiger partial charge in [0.25, 0.3) is 0 Å². The van der Waals surface area contributed by atoms with E-state index in [-0.39, 0.29) is 11.2 Å². The van der Waals surface area contributed by atoms with Crippen molar-refractivity contribution >= 4 is 22.9 Å². The molecule has 3 rings (SSSR count). The number of allylic oxidation sites excluding steroid dienone is 1. The number of thiophene rings is 1. The number of carbonyl (C=O) groups is 2. The summed E-state index contributed by atoms with van der Waals surface area (Å²) in [6, 6.07) is 1.99. The van der Waals surface area contributed by atoms with Gasteiger partial charge in [0.1, 0.15) is 5.78 Å². The average Bonchev–Trinajstić information content (AvgIpc) is 3.24. The van der Waals surface area contributed by atoms with E-state index in [4.69, 9.17) is 0 Å². The first-order chi connectivity index (χ1) is 17.0. The van der Waals surface area contributed by atoms with Crippen LogP contribution in [0.4, 0.5) is 0 Å². The van der Waals surface area contributed by atoms with E-state index in [0.29, 0.717) is 5.78 Å². The number of Topliss-reactive ketones (excluding diaryl/α,β-unsaturated/α-hetero) is 2. The number of hydrogen-bond donors (Lipinski definition) is 0. The van der Waals surface area contributed by atoms with Gasteiger partial charge in [-0.1, -0.05) is 84.6 Å². The quantitative estimate of drug-likeness (QED) is 0.227. The van der Waals surface area contributed by atoms with Crippen LogP contribution < -0.4 is 0 Å². The zero-order chi connectivity index (χ0) is 28.1. The molecule has 0 N–H and O–H groups in total. The van der Waals surface area contributed by atoms with Gasteiger partial charge in [0.05, 0.1) is 9.75 Å². The van der Waals surface area contributed by atoms with Gasteiger partial charge < -0.3 is 0 Å². The van der Waals surface area contributed by atoms with E-state index in [1.807, 2.05) is 46.8 Å². The molecular formula is C33H56O2S. The molecule has 0 amide bonds. The molecule has 0 bridgehead atoms. The fourth-order valence-electron chi connectivity index (χ4n) is 3.92. The molecule has 1 aromatic heterocycles. The summed E-state index contributed by atoms with van der Waals surface area (Å²) in [5.41, 5.74) is 1.04. The van der Waals surface area contributed by atoms with Crippen LogP contribution in [-0.2, 0) is 4.79 Å². The van der Waals surface area contributed by atoms with Crippen molar-refractivity contribution in [3.05, 3.63) is 34.0 Å². The molecule has 3 heteroatoms. The van der Waals surface area contributed by atoms with Crippen molar-refractivity contribution in [2.45, 2.75) is 133 Å². The SMILES string of the molecule is C=CCC1CCC(=O)CC1.CC.CC.CC(=O)c1sc(C#CC(C)(C)C)cc1C.CC1CCCCC1. The van der Waals surface area contributed by atoms with Crippen LogP contribution in [0, 0.1) is 36.0 Å². The maximum Gasteiger partial charge on any atom is 0.170 e. The second-order valence-electron chi connectivity index (χ2n) is 10.4. The van der Waals surface area contributed by atoms with Gasteiger partial charge in [-0.05, 0) is 77.3 Å². The molecule has 0 aliphatic heterocycles. The second-order valence-corrected chi connectivity index (χ2v) is 11.5. The molecule has 2 saturated carbocycles. The molecule has 0 radical (unpaired) electrons. The van der Waals surface area contributed by atoms with Gasteiger partial charge in [-0.15, -0.1) is 17.9 Å². The van der Waals surface area contributed by atoms with Gasteiger partial charge in [-0.2, -0.15) is 0 Å². The first-order valence-corrected chi connectivity index (χ1v) is 15.1. The zero-order valence-electron chi connectivity index (χ0n) is 25.3. The van der Waals surface area contributed by atoms with Crippen LogP contribution in [-0.4, -0.2) is 11.6 Å². The van der Waals surface area contributed by atoms with Gasteiger partial charge in [0, 0.05) is 18.3 Å². The summed E-state index contributed by atoms with van der Waals surface area (Å²) in [4.78, 5) is 23.8. The highest BCUT2D eigenvalue weighted by molar-refractivity contribution is 7.14. The Morgan fingerprint density at radius 2 is 1.58 bits per heavy atom. The van der Waals surface area contributed by atoms with Crippen molar-refractivity contribution in [3.8, 4) is 11.8 Å². The largest absolute Gasteiger partial charge is 0.300 e. The highest BCUT2D eigenvalue weighted by Gasteiger charge is 2.16. The van der Waals surface area contributed by atoms with E-state index in [2.05, 4.69) is 46.1 Å². The number of hydrogen-bond acceptors (Lipinski definition) is 3. The Balaban J connectivity index is 0. The van der Waals surface area contributed by atoms with Gasteiger partial charge in [0.15, 0.2) is 5.78 Å². The third-order valence-corrected chi connectivity index (χ3v) is 7.11. The van der Waals surface area contributed by atoms with Gasteiger partial charge in [-0.3, -0.25) is 9.59 Å². The standard InChI is InChI=1S/C13H16OS.C9H14O.C7H14.2C2H6/c1-9-8-11(6-7-13(3,4)5)15-12(9)10(2)14;1-2-3-8-4-6-9(10)7-5-8;1-7-5-3-2-4-6-7;2*1-2/h8H,1-5H3;2,8H,1,3-7H2;7H,2-6H2,1H3;2*1-2H3. The summed E-state index contributed by atoms with van der Waals surface area (Å²) in [5, 5.41) is 0. The average molecular weight is 517 g/mol. The normalized spacial score (nSPS) is 15.6. The van der Waals surface area contributed by atoms with Gasteiger partial charge in [-0.25, -0.2) is 0 Å². The van der Waals surface area contributed by atoms with Crippen molar-refractivity contribution < 1.29 is 9.59 Å². The number of aryl methyl sites for hydroxylation is 1. The predicted molar refractivity (Wildman–Crippen MR) is 162 cm³/mol. The van der Waals surface area contributed by atoms with Crippen LogP contribution >= 0.6 is 11.3 Å². The van der Waals surface area contributed by atoms with Crippen molar-refractivity contribution in [3.63, 3.8) is 0 Å². The minimum absolute atomic E-state index is 0.00822. The highest BCUT2D eigenvalue weighted by Crippen LogP contribution is 2.24. The lowest BCUT2D eigenvalue weighted by atomic mass is 9.86. The third kappa shape index (κ3) is 18.6. The lowest BCUT2D eigenvalue weighted by Gasteiger charge is -2.18. The molecule has 2 nitrogen and oxygen atoms in total. The maximum atomic E-state index is 11.2. The molecule has 2 aliphatic rings. The minimum Gasteiger partial charge on any atom is -0.300 e. The molecule has 2 aliphatic carbocycles. The molecule has 0 atom stereocenters. The lowest BCUT2D eigenvalue weighted by Crippen LogP contribution is -2.12. The Hall–Kier alpha value is -1.66. The summed E-state index contributed by atoms with van der Waals surface area (Å²) < 4.78 is 0. The molecule has 1 heterocycles. The fourth-order valence-corrected chi connectivity index (χ4v) is 4.84. The lowest BCUT2D eigenvalue weighted by molar-refractivity contribution is -0.120. The van der Waals surface area contributed by atoms with Crippen LogP contribution in [0.3, 0.4) is 0 Å². The van der Waals surface area contributed by atoms with Gasteiger partial charge >= 0.3 is 0 Å². The Morgan fingerprint density at radius 3 is 1.94 bits per heavy atom. The van der Waals surface area contributed by atoms with E-state index in [0.717, 1.165) is 59.3 Å². The molecule has 0 unspecified atom stereocenters. The Bertz CT molecular complexity index is 782. The van der Waals surface area contributed by atoms with Crippen LogP contribution in [0.1, 0.15) is 147 Å². The van der Waals surface area contributed by atoms with E-state index < -0.39 is 0 Å².